The van der Waals surface area contributed by atoms with Gasteiger partial charge in [-0.25, -0.2) is 8.42 Å². The maximum atomic E-state index is 12.3. The first kappa shape index (κ1) is 16.9. The molecule has 1 amide bonds. The van der Waals surface area contributed by atoms with Crippen molar-refractivity contribution >= 4 is 38.9 Å². The number of carbonyl (C=O) groups excluding carboxylic acids is 1. The van der Waals surface area contributed by atoms with Crippen LogP contribution in [0.4, 0.5) is 11.4 Å². The van der Waals surface area contributed by atoms with Gasteiger partial charge in [0.2, 0.25) is 5.91 Å². The monoisotopic (exact) mass is 362 g/mol. The van der Waals surface area contributed by atoms with Crippen molar-refractivity contribution in [2.45, 2.75) is 9.79 Å². The Morgan fingerprint density at radius 3 is 2.79 bits per heavy atom. The van der Waals surface area contributed by atoms with Gasteiger partial charge in [-0.1, -0.05) is 18.2 Å². The van der Waals surface area contributed by atoms with Crippen molar-refractivity contribution in [1.29, 1.82) is 0 Å². The van der Waals surface area contributed by atoms with Crippen LogP contribution >= 0.6 is 11.8 Å². The Balaban J connectivity index is 1.71. The number of anilines is 2. The van der Waals surface area contributed by atoms with Crippen LogP contribution in [0.5, 0.6) is 0 Å². The number of nitrogens with one attached hydrogen (secondary N) is 1. The van der Waals surface area contributed by atoms with Crippen molar-refractivity contribution in [2.75, 3.05) is 35.3 Å². The molecule has 0 radical (unpaired) electrons. The summed E-state index contributed by atoms with van der Waals surface area (Å²) in [5.74, 6) is 0.774. The Morgan fingerprint density at radius 1 is 1.21 bits per heavy atom. The Hall–Kier alpha value is -1.99. The van der Waals surface area contributed by atoms with E-state index in [-0.39, 0.29) is 17.3 Å². The zero-order valence-corrected chi connectivity index (χ0v) is 14.9. The van der Waals surface area contributed by atoms with E-state index in [1.165, 1.54) is 17.0 Å². The third-order valence-electron chi connectivity index (χ3n) is 3.71. The Labute approximate surface area is 146 Å². The van der Waals surface area contributed by atoms with Crippen molar-refractivity contribution in [3.63, 3.8) is 0 Å². The van der Waals surface area contributed by atoms with Gasteiger partial charge in [0.15, 0.2) is 9.84 Å². The second-order valence-corrected chi connectivity index (χ2v) is 8.74. The topological polar surface area (TPSA) is 66.5 Å². The molecule has 0 aromatic heterocycles. The number of hydrogen-bond acceptors (Lipinski definition) is 5. The number of carbonyl (C=O) groups is 1. The molecule has 0 bridgehead atoms. The van der Waals surface area contributed by atoms with Crippen LogP contribution in [0.25, 0.3) is 0 Å². The van der Waals surface area contributed by atoms with E-state index in [1.807, 2.05) is 23.1 Å². The number of benzene rings is 2. The maximum absolute atomic E-state index is 12.3. The molecule has 5 nitrogen and oxygen atoms in total. The molecular formula is C17H18N2O3S2. The van der Waals surface area contributed by atoms with E-state index in [2.05, 4.69) is 11.4 Å². The third kappa shape index (κ3) is 3.91. The van der Waals surface area contributed by atoms with Gasteiger partial charge in [0.05, 0.1) is 17.1 Å². The minimum atomic E-state index is -3.29. The SMILES string of the molecule is CS(=O)(=O)c1cccc(NC(=O)CN2CCSc3ccccc32)c1. The van der Waals surface area contributed by atoms with Crippen molar-refractivity contribution in [3.05, 3.63) is 48.5 Å². The molecule has 0 spiro atoms. The lowest BCUT2D eigenvalue weighted by Crippen LogP contribution is -2.36. The molecule has 0 fully saturated rings. The largest absolute Gasteiger partial charge is 0.360 e. The summed E-state index contributed by atoms with van der Waals surface area (Å²) in [6.45, 7) is 1.04. The normalized spacial score (nSPS) is 14.1. The summed E-state index contributed by atoms with van der Waals surface area (Å²) in [6, 6.07) is 14.3. The lowest BCUT2D eigenvalue weighted by Gasteiger charge is -2.30. The third-order valence-corrected chi connectivity index (χ3v) is 5.86. The lowest BCUT2D eigenvalue weighted by molar-refractivity contribution is -0.115. The molecule has 7 heteroatoms. The fraction of sp³-hybridized carbons (Fsp3) is 0.235. The van der Waals surface area contributed by atoms with Crippen molar-refractivity contribution in [1.82, 2.24) is 0 Å². The molecule has 1 N–H and O–H groups in total. The molecule has 1 aliphatic rings. The number of hydrogen-bond donors (Lipinski definition) is 1. The van der Waals surface area contributed by atoms with E-state index in [4.69, 9.17) is 0 Å². The van der Waals surface area contributed by atoms with Gasteiger partial charge in [-0.2, -0.15) is 0 Å². The minimum Gasteiger partial charge on any atom is -0.360 e. The quantitative estimate of drug-likeness (QED) is 0.906. The second-order valence-electron chi connectivity index (χ2n) is 5.59. The van der Waals surface area contributed by atoms with E-state index >= 15 is 0 Å². The van der Waals surface area contributed by atoms with Gasteiger partial charge < -0.3 is 10.2 Å². The standard InChI is InChI=1S/C17H18N2O3S2/c1-24(21,22)14-6-4-5-13(11-14)18-17(20)12-19-9-10-23-16-8-3-2-7-15(16)19/h2-8,11H,9-10,12H2,1H3,(H,18,20). The highest BCUT2D eigenvalue weighted by atomic mass is 32.2. The number of thioether (sulfide) groups is 1. The van der Waals surface area contributed by atoms with Crippen LogP contribution < -0.4 is 10.2 Å². The summed E-state index contributed by atoms with van der Waals surface area (Å²) in [7, 11) is -3.29. The first-order valence-corrected chi connectivity index (χ1v) is 10.4. The Bertz CT molecular complexity index is 866. The zero-order chi connectivity index (χ0) is 17.2. The first-order chi connectivity index (χ1) is 11.4. The molecule has 1 aliphatic heterocycles. The minimum absolute atomic E-state index is 0.164. The smallest absolute Gasteiger partial charge is 0.243 e. The summed E-state index contributed by atoms with van der Waals surface area (Å²) in [6.07, 6.45) is 1.15. The van der Waals surface area contributed by atoms with E-state index in [0.717, 1.165) is 24.2 Å². The lowest BCUT2D eigenvalue weighted by atomic mass is 10.2. The molecule has 24 heavy (non-hydrogen) atoms. The van der Waals surface area contributed by atoms with Crippen LogP contribution in [0.2, 0.25) is 0 Å². The predicted molar refractivity (Wildman–Crippen MR) is 97.6 cm³/mol. The van der Waals surface area contributed by atoms with Gasteiger partial charge in [-0.15, -0.1) is 11.8 Å². The molecule has 0 saturated carbocycles. The molecule has 0 atom stereocenters. The second kappa shape index (κ2) is 6.86. The molecule has 126 valence electrons. The van der Waals surface area contributed by atoms with Crippen LogP contribution in [0.15, 0.2) is 58.3 Å². The van der Waals surface area contributed by atoms with Gasteiger partial charge in [0.25, 0.3) is 0 Å². The Morgan fingerprint density at radius 2 is 2.00 bits per heavy atom. The van der Waals surface area contributed by atoms with Crippen LogP contribution in [0, 0.1) is 0 Å². The van der Waals surface area contributed by atoms with Crippen LogP contribution in [0.1, 0.15) is 0 Å². The number of rotatable bonds is 4. The van der Waals surface area contributed by atoms with Crippen molar-refractivity contribution < 1.29 is 13.2 Å². The van der Waals surface area contributed by atoms with Crippen LogP contribution in [-0.4, -0.2) is 39.4 Å². The van der Waals surface area contributed by atoms with E-state index in [0.29, 0.717) is 5.69 Å². The van der Waals surface area contributed by atoms with Crippen LogP contribution in [0.3, 0.4) is 0 Å². The summed E-state index contributed by atoms with van der Waals surface area (Å²) >= 11 is 1.79. The highest BCUT2D eigenvalue weighted by molar-refractivity contribution is 7.99. The first-order valence-electron chi connectivity index (χ1n) is 7.50. The fourth-order valence-electron chi connectivity index (χ4n) is 2.57. The molecule has 0 aliphatic carbocycles. The van der Waals surface area contributed by atoms with E-state index in [1.54, 1.807) is 23.9 Å². The average Bonchev–Trinajstić information content (AvgIpc) is 2.54. The maximum Gasteiger partial charge on any atom is 0.243 e. The Kier molecular flexibility index (Phi) is 4.82. The molecule has 0 saturated heterocycles. The summed E-state index contributed by atoms with van der Waals surface area (Å²) < 4.78 is 23.2. The summed E-state index contributed by atoms with van der Waals surface area (Å²) in [5, 5.41) is 2.78. The number of para-hydroxylation sites is 1. The summed E-state index contributed by atoms with van der Waals surface area (Å²) in [4.78, 5) is 15.8. The highest BCUT2D eigenvalue weighted by Crippen LogP contribution is 2.34. The van der Waals surface area contributed by atoms with Gasteiger partial charge in [0, 0.05) is 29.1 Å². The van der Waals surface area contributed by atoms with E-state index in [9.17, 15) is 13.2 Å². The number of nitrogens with zero attached hydrogens (tertiary/aromatic N) is 1. The highest BCUT2D eigenvalue weighted by Gasteiger charge is 2.19. The molecule has 3 rings (SSSR count). The van der Waals surface area contributed by atoms with Gasteiger partial charge in [-0.05, 0) is 30.3 Å². The van der Waals surface area contributed by atoms with E-state index < -0.39 is 9.84 Å². The molecule has 1 heterocycles. The summed E-state index contributed by atoms with van der Waals surface area (Å²) in [5.41, 5.74) is 1.55. The molecular weight excluding hydrogens is 344 g/mol. The average molecular weight is 362 g/mol. The number of amides is 1. The molecule has 0 unspecified atom stereocenters. The zero-order valence-electron chi connectivity index (χ0n) is 13.2. The molecule has 2 aromatic rings. The predicted octanol–water partition coefficient (Wildman–Crippen LogP) is 2.64. The number of fused-ring (bicyclic) bond motifs is 1. The fourth-order valence-corrected chi connectivity index (χ4v) is 4.29. The van der Waals surface area contributed by atoms with Crippen LogP contribution in [-0.2, 0) is 14.6 Å². The molecule has 2 aromatic carbocycles. The van der Waals surface area contributed by atoms with Crippen molar-refractivity contribution in [2.24, 2.45) is 0 Å². The van der Waals surface area contributed by atoms with Gasteiger partial charge in [0.1, 0.15) is 0 Å². The number of sulfone groups is 1. The van der Waals surface area contributed by atoms with Gasteiger partial charge >= 0.3 is 0 Å². The van der Waals surface area contributed by atoms with Crippen molar-refractivity contribution in [3.8, 4) is 0 Å². The van der Waals surface area contributed by atoms with Gasteiger partial charge in [-0.3, -0.25) is 4.79 Å².